The average molecular weight is 301 g/mol. The number of rotatable bonds is 3. The van der Waals surface area contributed by atoms with Crippen LogP contribution in [0, 0.1) is 0 Å². The van der Waals surface area contributed by atoms with Gasteiger partial charge in [0.15, 0.2) is 6.29 Å². The van der Waals surface area contributed by atoms with Crippen molar-refractivity contribution < 1.29 is 4.79 Å². The zero-order valence-corrected chi connectivity index (χ0v) is 12.4. The predicted molar refractivity (Wildman–Crippen MR) is 87.4 cm³/mol. The van der Waals surface area contributed by atoms with Gasteiger partial charge in [-0.1, -0.05) is 35.9 Å². The van der Waals surface area contributed by atoms with Gasteiger partial charge >= 0.3 is 0 Å². The number of anilines is 1. The van der Waals surface area contributed by atoms with Crippen molar-refractivity contribution in [1.82, 2.24) is 5.32 Å². The Morgan fingerprint density at radius 3 is 2.57 bits per heavy atom. The fourth-order valence-corrected chi connectivity index (χ4v) is 2.92. The lowest BCUT2D eigenvalue weighted by molar-refractivity contribution is 0.112. The van der Waals surface area contributed by atoms with Gasteiger partial charge in [-0.05, 0) is 23.8 Å². The second-order valence-electron chi connectivity index (χ2n) is 5.10. The average Bonchev–Trinajstić information content (AvgIpc) is 2.55. The van der Waals surface area contributed by atoms with Crippen molar-refractivity contribution in [3.63, 3.8) is 0 Å². The minimum atomic E-state index is 0.685. The maximum absolute atomic E-state index is 11.3. The van der Waals surface area contributed by atoms with Gasteiger partial charge in [-0.2, -0.15) is 0 Å². The Morgan fingerprint density at radius 1 is 1.05 bits per heavy atom. The molecule has 1 aliphatic heterocycles. The second kappa shape index (κ2) is 6.29. The first kappa shape index (κ1) is 14.1. The zero-order chi connectivity index (χ0) is 14.7. The number of nitrogens with one attached hydrogen (secondary N) is 1. The Morgan fingerprint density at radius 2 is 1.81 bits per heavy atom. The first-order valence-corrected chi connectivity index (χ1v) is 7.47. The van der Waals surface area contributed by atoms with Gasteiger partial charge < -0.3 is 10.2 Å². The molecule has 0 atom stereocenters. The first-order chi connectivity index (χ1) is 10.3. The molecule has 0 aliphatic carbocycles. The molecule has 0 saturated carbocycles. The third-order valence-corrected chi connectivity index (χ3v) is 4.03. The quantitative estimate of drug-likeness (QED) is 0.883. The monoisotopic (exact) mass is 300 g/mol. The van der Waals surface area contributed by atoms with Crippen LogP contribution >= 0.6 is 11.6 Å². The highest BCUT2D eigenvalue weighted by atomic mass is 35.5. The predicted octanol–water partition coefficient (Wildman–Crippen LogP) is 3.23. The van der Waals surface area contributed by atoms with Gasteiger partial charge in [0.25, 0.3) is 0 Å². The minimum absolute atomic E-state index is 0.685. The van der Waals surface area contributed by atoms with E-state index in [1.807, 2.05) is 42.5 Å². The van der Waals surface area contributed by atoms with E-state index in [0.717, 1.165) is 49.3 Å². The fourth-order valence-electron chi connectivity index (χ4n) is 2.75. The fraction of sp³-hybridized carbons (Fsp3) is 0.235. The van der Waals surface area contributed by atoms with E-state index in [4.69, 9.17) is 11.6 Å². The highest BCUT2D eigenvalue weighted by molar-refractivity contribution is 6.31. The number of hydrogen-bond acceptors (Lipinski definition) is 3. The van der Waals surface area contributed by atoms with Crippen molar-refractivity contribution in [3.8, 4) is 11.1 Å². The highest BCUT2D eigenvalue weighted by Gasteiger charge is 2.17. The van der Waals surface area contributed by atoms with Crippen LogP contribution < -0.4 is 10.2 Å². The van der Waals surface area contributed by atoms with Gasteiger partial charge in [0.1, 0.15) is 0 Å². The lowest BCUT2D eigenvalue weighted by Crippen LogP contribution is -2.43. The van der Waals surface area contributed by atoms with Crippen LogP contribution in [0.25, 0.3) is 11.1 Å². The summed E-state index contributed by atoms with van der Waals surface area (Å²) in [7, 11) is 0. The van der Waals surface area contributed by atoms with Gasteiger partial charge in [0, 0.05) is 48.0 Å². The van der Waals surface area contributed by atoms with Crippen LogP contribution in [0.2, 0.25) is 5.02 Å². The smallest absolute Gasteiger partial charge is 0.150 e. The molecule has 2 aromatic carbocycles. The van der Waals surface area contributed by atoms with Crippen molar-refractivity contribution in [2.75, 3.05) is 31.1 Å². The van der Waals surface area contributed by atoms with E-state index in [0.29, 0.717) is 10.6 Å². The normalized spacial score (nSPS) is 15.0. The number of hydrogen-bond donors (Lipinski definition) is 1. The van der Waals surface area contributed by atoms with Crippen molar-refractivity contribution in [3.05, 3.63) is 53.1 Å². The molecule has 0 unspecified atom stereocenters. The van der Waals surface area contributed by atoms with Gasteiger partial charge in [0.05, 0.1) is 0 Å². The summed E-state index contributed by atoms with van der Waals surface area (Å²) < 4.78 is 0. The summed E-state index contributed by atoms with van der Waals surface area (Å²) in [5.74, 6) is 0. The molecule has 1 fully saturated rings. The summed E-state index contributed by atoms with van der Waals surface area (Å²) >= 11 is 6.18. The molecule has 3 rings (SSSR count). The van der Waals surface area contributed by atoms with Gasteiger partial charge in [-0.25, -0.2) is 0 Å². The van der Waals surface area contributed by atoms with Gasteiger partial charge in [-0.3, -0.25) is 4.79 Å². The molecule has 4 heteroatoms. The Bertz CT molecular complexity index is 651. The van der Waals surface area contributed by atoms with Crippen LogP contribution in [-0.4, -0.2) is 32.5 Å². The molecule has 1 aliphatic rings. The van der Waals surface area contributed by atoms with Crippen LogP contribution in [0.15, 0.2) is 42.5 Å². The summed E-state index contributed by atoms with van der Waals surface area (Å²) in [5, 5.41) is 4.04. The third kappa shape index (κ3) is 2.94. The second-order valence-corrected chi connectivity index (χ2v) is 5.54. The van der Waals surface area contributed by atoms with Crippen LogP contribution in [0.1, 0.15) is 10.4 Å². The number of nitrogens with zero attached hydrogens (tertiary/aromatic N) is 1. The van der Waals surface area contributed by atoms with Gasteiger partial charge in [-0.15, -0.1) is 0 Å². The largest absolute Gasteiger partial charge is 0.368 e. The topological polar surface area (TPSA) is 32.3 Å². The molecule has 21 heavy (non-hydrogen) atoms. The van der Waals surface area contributed by atoms with E-state index in [1.165, 1.54) is 0 Å². The lowest BCUT2D eigenvalue weighted by Gasteiger charge is -2.31. The summed E-state index contributed by atoms with van der Waals surface area (Å²) in [6.45, 7) is 3.85. The van der Waals surface area contributed by atoms with E-state index in [2.05, 4.69) is 10.2 Å². The number of carbonyl (C=O) groups is 1. The van der Waals surface area contributed by atoms with E-state index in [-0.39, 0.29) is 0 Å². The summed E-state index contributed by atoms with van der Waals surface area (Å²) in [6.07, 6.45) is 0.901. The SMILES string of the molecule is O=Cc1ccccc1-c1cc(Cl)ccc1N1CCNCC1. The molecule has 3 nitrogen and oxygen atoms in total. The maximum Gasteiger partial charge on any atom is 0.150 e. The number of benzene rings is 2. The lowest BCUT2D eigenvalue weighted by atomic mass is 9.98. The number of piperazine rings is 1. The molecule has 0 radical (unpaired) electrons. The summed E-state index contributed by atoms with van der Waals surface area (Å²) in [6, 6.07) is 13.5. The van der Waals surface area contributed by atoms with Crippen molar-refractivity contribution in [2.24, 2.45) is 0 Å². The molecule has 1 N–H and O–H groups in total. The minimum Gasteiger partial charge on any atom is -0.368 e. The Labute approximate surface area is 129 Å². The van der Waals surface area contributed by atoms with Gasteiger partial charge in [0.2, 0.25) is 0 Å². The molecule has 1 saturated heterocycles. The molecule has 0 spiro atoms. The molecule has 0 aromatic heterocycles. The number of aldehydes is 1. The van der Waals surface area contributed by atoms with Crippen LogP contribution in [0.3, 0.4) is 0 Å². The molecular formula is C17H17ClN2O. The van der Waals surface area contributed by atoms with E-state index >= 15 is 0 Å². The van der Waals surface area contributed by atoms with Crippen LogP contribution in [-0.2, 0) is 0 Å². The van der Waals surface area contributed by atoms with E-state index < -0.39 is 0 Å². The van der Waals surface area contributed by atoms with Crippen LogP contribution in [0.5, 0.6) is 0 Å². The Kier molecular flexibility index (Phi) is 4.23. The van der Waals surface area contributed by atoms with E-state index in [9.17, 15) is 4.79 Å². The summed E-state index contributed by atoms with van der Waals surface area (Å²) in [4.78, 5) is 13.7. The Balaban J connectivity index is 2.11. The molecule has 108 valence electrons. The highest BCUT2D eigenvalue weighted by Crippen LogP contribution is 2.35. The number of halogens is 1. The molecule has 0 amide bonds. The molecular weight excluding hydrogens is 284 g/mol. The Hall–Kier alpha value is -1.84. The van der Waals surface area contributed by atoms with Crippen LogP contribution in [0.4, 0.5) is 5.69 Å². The van der Waals surface area contributed by atoms with Crippen molar-refractivity contribution >= 4 is 23.6 Å². The van der Waals surface area contributed by atoms with Crippen molar-refractivity contribution in [1.29, 1.82) is 0 Å². The standard InChI is InChI=1S/C17H17ClN2O/c18-14-5-6-17(20-9-7-19-8-10-20)16(11-14)15-4-2-1-3-13(15)12-21/h1-6,11-12,19H,7-10H2. The number of carbonyl (C=O) groups excluding carboxylic acids is 1. The molecule has 0 bridgehead atoms. The molecule has 2 aromatic rings. The van der Waals surface area contributed by atoms with E-state index in [1.54, 1.807) is 0 Å². The first-order valence-electron chi connectivity index (χ1n) is 7.09. The maximum atomic E-state index is 11.3. The zero-order valence-electron chi connectivity index (χ0n) is 11.7. The third-order valence-electron chi connectivity index (χ3n) is 3.79. The molecule has 1 heterocycles. The summed E-state index contributed by atoms with van der Waals surface area (Å²) in [5.41, 5.74) is 3.78. The van der Waals surface area contributed by atoms with Crippen molar-refractivity contribution in [2.45, 2.75) is 0 Å².